The Morgan fingerprint density at radius 3 is 2.72 bits per heavy atom. The molecule has 7 nitrogen and oxygen atoms in total. The Morgan fingerprint density at radius 1 is 1.50 bits per heavy atom. The minimum atomic E-state index is -1.16. The number of nitrogens with one attached hydrogen (secondary N) is 1. The van der Waals surface area contributed by atoms with Gasteiger partial charge in [0.25, 0.3) is 0 Å². The fourth-order valence-corrected chi connectivity index (χ4v) is 1.65. The van der Waals surface area contributed by atoms with Gasteiger partial charge in [-0.1, -0.05) is 0 Å². The Labute approximate surface area is 104 Å². The van der Waals surface area contributed by atoms with Crippen LogP contribution in [0.4, 0.5) is 0 Å². The van der Waals surface area contributed by atoms with Crippen molar-refractivity contribution in [2.24, 2.45) is 5.92 Å². The van der Waals surface area contributed by atoms with Crippen LogP contribution in [0.1, 0.15) is 19.3 Å². The molecule has 0 aliphatic carbocycles. The number of aliphatic carboxylic acids is 1. The van der Waals surface area contributed by atoms with E-state index in [1.165, 1.54) is 7.11 Å². The molecule has 1 aliphatic heterocycles. The van der Waals surface area contributed by atoms with E-state index in [0.717, 1.165) is 0 Å². The molecule has 1 amide bonds. The van der Waals surface area contributed by atoms with Crippen LogP contribution in [0.2, 0.25) is 0 Å². The average Bonchev–Trinajstić information content (AvgIpc) is 2.87. The molecule has 0 spiro atoms. The molecule has 2 N–H and O–H groups in total. The first-order valence-corrected chi connectivity index (χ1v) is 5.72. The maximum atomic E-state index is 11.7. The summed E-state index contributed by atoms with van der Waals surface area (Å²) in [5, 5.41) is 11.4. The Kier molecular flexibility index (Phi) is 5.57. The summed E-state index contributed by atoms with van der Waals surface area (Å²) in [6.07, 6.45) is 0.561. The lowest BCUT2D eigenvalue weighted by Gasteiger charge is -2.16. The van der Waals surface area contributed by atoms with E-state index < -0.39 is 18.0 Å². The number of esters is 1. The number of carbonyl (C=O) groups is 3. The minimum absolute atomic E-state index is 0.0152. The van der Waals surface area contributed by atoms with E-state index in [-0.39, 0.29) is 24.7 Å². The lowest BCUT2D eigenvalue weighted by molar-refractivity contribution is -0.144. The summed E-state index contributed by atoms with van der Waals surface area (Å²) in [5.74, 6) is -2.30. The van der Waals surface area contributed by atoms with Gasteiger partial charge in [0.2, 0.25) is 5.91 Å². The standard InChI is InChI=1S/C11H17NO6/c1-17-9(13)3-2-8(11(15)16)12-10(14)7-4-5-18-6-7/h7-8H,2-6H2,1H3,(H,12,14)(H,15,16). The summed E-state index contributed by atoms with van der Waals surface area (Å²) < 4.78 is 9.47. The SMILES string of the molecule is COC(=O)CCC(NC(=O)C1CCOC1)C(=O)O. The Balaban J connectivity index is 2.44. The van der Waals surface area contributed by atoms with E-state index in [0.29, 0.717) is 19.6 Å². The van der Waals surface area contributed by atoms with Crippen LogP contribution < -0.4 is 5.32 Å². The first kappa shape index (κ1) is 14.4. The van der Waals surface area contributed by atoms with E-state index in [4.69, 9.17) is 9.84 Å². The van der Waals surface area contributed by atoms with Crippen LogP contribution in [0.3, 0.4) is 0 Å². The molecule has 0 bridgehead atoms. The first-order valence-electron chi connectivity index (χ1n) is 5.72. The maximum Gasteiger partial charge on any atom is 0.326 e. The zero-order valence-corrected chi connectivity index (χ0v) is 10.2. The predicted octanol–water partition coefficient (Wildman–Crippen LogP) is -0.454. The number of carboxylic acid groups (broad SMARTS) is 1. The molecule has 1 heterocycles. The van der Waals surface area contributed by atoms with Crippen LogP contribution in [-0.2, 0) is 23.9 Å². The van der Waals surface area contributed by atoms with Crippen LogP contribution in [0.5, 0.6) is 0 Å². The lowest BCUT2D eigenvalue weighted by Crippen LogP contribution is -2.44. The summed E-state index contributed by atoms with van der Waals surface area (Å²) in [4.78, 5) is 33.6. The van der Waals surface area contributed by atoms with Gasteiger partial charge in [-0.2, -0.15) is 0 Å². The van der Waals surface area contributed by atoms with Gasteiger partial charge in [-0.25, -0.2) is 4.79 Å². The second-order valence-corrected chi connectivity index (χ2v) is 4.07. The van der Waals surface area contributed by atoms with Gasteiger partial charge in [-0.3, -0.25) is 9.59 Å². The van der Waals surface area contributed by atoms with E-state index in [1.54, 1.807) is 0 Å². The molecule has 1 saturated heterocycles. The topological polar surface area (TPSA) is 102 Å². The van der Waals surface area contributed by atoms with Gasteiger partial charge in [-0.05, 0) is 12.8 Å². The normalized spacial score (nSPS) is 20.2. The molecule has 1 aliphatic rings. The number of carbonyl (C=O) groups excluding carboxylic acids is 2. The number of hydrogen-bond acceptors (Lipinski definition) is 5. The Morgan fingerprint density at radius 2 is 2.22 bits per heavy atom. The highest BCUT2D eigenvalue weighted by molar-refractivity contribution is 5.85. The fraction of sp³-hybridized carbons (Fsp3) is 0.727. The van der Waals surface area contributed by atoms with Gasteiger partial charge in [0.15, 0.2) is 0 Å². The van der Waals surface area contributed by atoms with Gasteiger partial charge >= 0.3 is 11.9 Å². The van der Waals surface area contributed by atoms with Crippen molar-refractivity contribution in [1.29, 1.82) is 0 Å². The zero-order chi connectivity index (χ0) is 13.5. The number of rotatable bonds is 6. The number of methoxy groups -OCH3 is 1. The van der Waals surface area contributed by atoms with Crippen LogP contribution in [0, 0.1) is 5.92 Å². The molecule has 18 heavy (non-hydrogen) atoms. The average molecular weight is 259 g/mol. The third-order valence-corrected chi connectivity index (χ3v) is 2.78. The summed E-state index contributed by atoms with van der Waals surface area (Å²) in [6.45, 7) is 0.827. The van der Waals surface area contributed by atoms with Crippen molar-refractivity contribution in [3.8, 4) is 0 Å². The molecular weight excluding hydrogens is 242 g/mol. The fourth-order valence-electron chi connectivity index (χ4n) is 1.65. The second kappa shape index (κ2) is 6.95. The largest absolute Gasteiger partial charge is 0.480 e. The summed E-state index contributed by atoms with van der Waals surface area (Å²) in [6, 6.07) is -1.07. The van der Waals surface area contributed by atoms with Crippen molar-refractivity contribution in [2.45, 2.75) is 25.3 Å². The highest BCUT2D eigenvalue weighted by Gasteiger charge is 2.28. The molecule has 2 unspecified atom stereocenters. The number of carboxylic acids is 1. The molecule has 0 aromatic rings. The molecule has 0 aromatic heterocycles. The van der Waals surface area contributed by atoms with E-state index in [2.05, 4.69) is 10.1 Å². The molecule has 0 radical (unpaired) electrons. The van der Waals surface area contributed by atoms with Crippen LogP contribution in [-0.4, -0.2) is 49.3 Å². The maximum absolute atomic E-state index is 11.7. The predicted molar refractivity (Wildman–Crippen MR) is 59.7 cm³/mol. The quantitative estimate of drug-likeness (QED) is 0.626. The number of hydrogen-bond donors (Lipinski definition) is 2. The van der Waals surface area contributed by atoms with Crippen molar-refractivity contribution in [3.05, 3.63) is 0 Å². The first-order chi connectivity index (χ1) is 8.54. The summed E-state index contributed by atoms with van der Waals surface area (Å²) in [7, 11) is 1.23. The van der Waals surface area contributed by atoms with Crippen LogP contribution in [0.25, 0.3) is 0 Å². The monoisotopic (exact) mass is 259 g/mol. The molecule has 1 rings (SSSR count). The third kappa shape index (κ3) is 4.33. The molecule has 1 fully saturated rings. The van der Waals surface area contributed by atoms with Crippen molar-refractivity contribution in [1.82, 2.24) is 5.32 Å². The molecule has 0 saturated carbocycles. The van der Waals surface area contributed by atoms with Crippen LogP contribution >= 0.6 is 0 Å². The Bertz CT molecular complexity index is 323. The second-order valence-electron chi connectivity index (χ2n) is 4.07. The molecule has 7 heteroatoms. The highest BCUT2D eigenvalue weighted by Crippen LogP contribution is 2.13. The van der Waals surface area contributed by atoms with Crippen molar-refractivity contribution >= 4 is 17.8 Å². The third-order valence-electron chi connectivity index (χ3n) is 2.78. The number of amides is 1. The summed E-state index contributed by atoms with van der Waals surface area (Å²) >= 11 is 0. The van der Waals surface area contributed by atoms with Gasteiger partial charge in [0.1, 0.15) is 6.04 Å². The highest BCUT2D eigenvalue weighted by atomic mass is 16.5. The van der Waals surface area contributed by atoms with Crippen LogP contribution in [0.15, 0.2) is 0 Å². The zero-order valence-electron chi connectivity index (χ0n) is 10.2. The number of ether oxygens (including phenoxy) is 2. The molecule has 102 valence electrons. The Hall–Kier alpha value is -1.63. The van der Waals surface area contributed by atoms with E-state index in [9.17, 15) is 14.4 Å². The molecule has 0 aromatic carbocycles. The summed E-state index contributed by atoms with van der Waals surface area (Å²) in [5.41, 5.74) is 0. The van der Waals surface area contributed by atoms with Crippen molar-refractivity contribution < 1.29 is 29.0 Å². The lowest BCUT2D eigenvalue weighted by atomic mass is 10.1. The van der Waals surface area contributed by atoms with E-state index in [1.807, 2.05) is 0 Å². The van der Waals surface area contributed by atoms with E-state index >= 15 is 0 Å². The van der Waals surface area contributed by atoms with Gasteiger partial charge in [-0.15, -0.1) is 0 Å². The smallest absolute Gasteiger partial charge is 0.326 e. The van der Waals surface area contributed by atoms with Gasteiger partial charge in [0, 0.05) is 13.0 Å². The van der Waals surface area contributed by atoms with Crippen molar-refractivity contribution in [2.75, 3.05) is 20.3 Å². The molecular formula is C11H17NO6. The minimum Gasteiger partial charge on any atom is -0.480 e. The van der Waals surface area contributed by atoms with Crippen molar-refractivity contribution in [3.63, 3.8) is 0 Å². The van der Waals surface area contributed by atoms with Gasteiger partial charge in [0.05, 0.1) is 19.6 Å². The van der Waals surface area contributed by atoms with Gasteiger partial charge < -0.3 is 19.9 Å². The molecule has 2 atom stereocenters.